The van der Waals surface area contributed by atoms with Crippen LogP contribution in [0.5, 0.6) is 0 Å². The molecule has 0 unspecified atom stereocenters. The van der Waals surface area contributed by atoms with Crippen LogP contribution in [0.25, 0.3) is 0 Å². The molecule has 0 atom stereocenters. The molecule has 4 nitrogen and oxygen atoms in total. The molecule has 272 valence electrons. The van der Waals surface area contributed by atoms with Crippen LogP contribution in [-0.4, -0.2) is 86.6 Å². The van der Waals surface area contributed by atoms with Crippen molar-refractivity contribution in [2.45, 2.75) is 65.1 Å². The van der Waals surface area contributed by atoms with E-state index < -0.39 is 104 Å². The first-order chi connectivity index (χ1) is 19.5. The summed E-state index contributed by atoms with van der Waals surface area (Å²) in [5, 5.41) is -7.89. The van der Waals surface area contributed by atoms with Crippen molar-refractivity contribution >= 4 is 22.8 Å². The summed E-state index contributed by atoms with van der Waals surface area (Å²) in [5.41, 5.74) is -11.0. The van der Waals surface area contributed by atoms with Gasteiger partial charge in [0, 0.05) is 11.8 Å². The minimum Gasteiger partial charge on any atom is -0.478 e. The summed E-state index contributed by atoms with van der Waals surface area (Å²) in [6, 6.07) is -7.98. The van der Waals surface area contributed by atoms with Crippen molar-refractivity contribution in [2.24, 2.45) is 0 Å². The van der Waals surface area contributed by atoms with E-state index in [0.717, 1.165) is 0 Å². The molecule has 0 spiro atoms. The van der Waals surface area contributed by atoms with Crippen molar-refractivity contribution in [1.29, 1.82) is 0 Å². The maximum absolute atomic E-state index is 14.5. The lowest BCUT2D eigenvalue weighted by atomic mass is 9.86. The zero-order valence-electron chi connectivity index (χ0n) is 19.4. The Hall–Kier alpha value is -2.63. The van der Waals surface area contributed by atoms with Crippen molar-refractivity contribution in [1.82, 2.24) is 5.34 Å². The average Bonchev–Trinajstić information content (AvgIpc) is 2.78. The number of hydrogen-bond donors (Lipinski definition) is 1. The van der Waals surface area contributed by atoms with Gasteiger partial charge in [-0.3, -0.25) is 4.79 Å². The van der Waals surface area contributed by atoms with Gasteiger partial charge in [0.15, 0.2) is 0 Å². The monoisotopic (exact) mass is 769 g/mol. The van der Waals surface area contributed by atoms with Crippen LogP contribution in [-0.2, 0) is 9.59 Å². The molecule has 0 fully saturated rings. The lowest BCUT2D eigenvalue weighted by Gasteiger charge is -2.42. The third-order valence-electron chi connectivity index (χ3n) is 4.76. The molecule has 0 aromatic carbocycles. The van der Waals surface area contributed by atoms with Crippen LogP contribution < -0.4 is 0 Å². The Morgan fingerprint density at radius 2 is 0.783 bits per heavy atom. The second-order valence-electron chi connectivity index (χ2n) is 7.75. The number of aliphatic carboxylic acids is 1. The number of carbonyl (C=O) groups excluding carboxylic acids is 1. The van der Waals surface area contributed by atoms with Crippen molar-refractivity contribution in [2.75, 3.05) is 0 Å². The Balaban J connectivity index is 8.30. The molecular weight excluding hydrogens is 768 g/mol. The normalized spacial score (nSPS) is 16.5. The average molecular weight is 769 g/mol. The number of hydrogen-bond acceptors (Lipinski definition) is 4. The first kappa shape index (κ1) is 43.4. The van der Waals surface area contributed by atoms with Gasteiger partial charge in [0.2, 0.25) is 5.12 Å². The smallest absolute Gasteiger partial charge is 0.464 e. The molecule has 0 aliphatic heterocycles. The molecule has 0 amide bonds. The molecular formula is C15HF26NO3S. The molecule has 0 heterocycles. The Labute approximate surface area is 234 Å². The van der Waals surface area contributed by atoms with Crippen LogP contribution in [0.2, 0.25) is 0 Å². The number of alkyl halides is 24. The summed E-state index contributed by atoms with van der Waals surface area (Å²) >= 11 is -3.49. The van der Waals surface area contributed by atoms with Crippen LogP contribution in [0.1, 0.15) is 0 Å². The summed E-state index contributed by atoms with van der Waals surface area (Å²) in [6.45, 7) is 0. The Bertz CT molecular complexity index is 1210. The zero-order chi connectivity index (χ0) is 38.1. The molecule has 0 aromatic rings. The zero-order valence-corrected chi connectivity index (χ0v) is 20.3. The van der Waals surface area contributed by atoms with Gasteiger partial charge in [0.05, 0.1) is 5.34 Å². The first-order valence-corrected chi connectivity index (χ1v) is 10.2. The highest BCUT2D eigenvalue weighted by atomic mass is 32.2. The lowest BCUT2D eigenvalue weighted by Crippen LogP contribution is -2.73. The summed E-state index contributed by atoms with van der Waals surface area (Å²) in [7, 11) is 0. The Morgan fingerprint density at radius 1 is 0.457 bits per heavy atom. The number of rotatable bonds is 12. The summed E-state index contributed by atoms with van der Waals surface area (Å²) < 4.78 is 344. The predicted octanol–water partition coefficient (Wildman–Crippen LogP) is 8.46. The van der Waals surface area contributed by atoms with Crippen LogP contribution in [0, 0.1) is 0 Å². The molecule has 0 saturated carbocycles. The minimum atomic E-state index is -9.44. The van der Waals surface area contributed by atoms with Gasteiger partial charge in [0.25, 0.3) is 0 Å². The fraction of sp³-hybridized carbons (Fsp3) is 0.733. The van der Waals surface area contributed by atoms with Gasteiger partial charge in [-0.15, -0.1) is 0 Å². The number of halogens is 26. The van der Waals surface area contributed by atoms with E-state index in [1.165, 1.54) is 0 Å². The summed E-state index contributed by atoms with van der Waals surface area (Å²) in [5.74, 6) is -68.0. The van der Waals surface area contributed by atoms with Crippen LogP contribution in [0.3, 0.4) is 0 Å². The summed E-state index contributed by atoms with van der Waals surface area (Å²) in [6.07, 6.45) is -15.6. The maximum Gasteiger partial charge on any atom is 0.464 e. The maximum atomic E-state index is 14.5. The fourth-order valence-corrected chi connectivity index (χ4v) is 3.07. The summed E-state index contributed by atoms with van der Waals surface area (Å²) in [4.78, 5) is 22.7. The Morgan fingerprint density at radius 3 is 1.07 bits per heavy atom. The van der Waals surface area contributed by atoms with Crippen molar-refractivity contribution < 1.29 is 129 Å². The van der Waals surface area contributed by atoms with Gasteiger partial charge in [-0.1, -0.05) is 8.96 Å². The van der Waals surface area contributed by atoms with Crippen molar-refractivity contribution in [3.05, 3.63) is 11.1 Å². The van der Waals surface area contributed by atoms with Gasteiger partial charge in [-0.2, -0.15) is 105 Å². The minimum absolute atomic E-state index is 3.49. The van der Waals surface area contributed by atoms with Crippen molar-refractivity contribution in [3.63, 3.8) is 0 Å². The predicted molar refractivity (Wildman–Crippen MR) is 87.9 cm³/mol. The molecule has 1 N–H and O–H groups in total. The number of carbonyl (C=O) groups is 2. The highest BCUT2D eigenvalue weighted by Gasteiger charge is 2.94. The highest BCUT2D eigenvalue weighted by molar-refractivity contribution is 8.15. The first-order valence-electron chi connectivity index (χ1n) is 9.39. The van der Waals surface area contributed by atoms with E-state index >= 15 is 0 Å². The number of thioether (sulfide) groups is 1. The van der Waals surface area contributed by atoms with Crippen LogP contribution in [0.4, 0.5) is 114 Å². The second kappa shape index (κ2) is 11.5. The van der Waals surface area contributed by atoms with Crippen LogP contribution >= 0.6 is 11.8 Å². The molecule has 0 bridgehead atoms. The number of carboxylic acids is 1. The second-order valence-corrected chi connectivity index (χ2v) is 8.84. The molecule has 46 heavy (non-hydrogen) atoms. The van der Waals surface area contributed by atoms with Gasteiger partial charge in [-0.05, 0) is 0 Å². The molecule has 0 aromatic heterocycles. The van der Waals surface area contributed by atoms with E-state index in [2.05, 4.69) is 0 Å². The van der Waals surface area contributed by atoms with Gasteiger partial charge < -0.3 is 5.11 Å². The van der Waals surface area contributed by atoms with E-state index in [9.17, 15) is 124 Å². The van der Waals surface area contributed by atoms with Gasteiger partial charge in [-0.25, -0.2) is 4.79 Å². The van der Waals surface area contributed by atoms with E-state index in [0.29, 0.717) is 0 Å². The number of carboxylic acid groups (broad SMARTS) is 1. The van der Waals surface area contributed by atoms with Gasteiger partial charge >= 0.3 is 71.1 Å². The molecule has 0 aliphatic rings. The van der Waals surface area contributed by atoms with E-state index in [1.807, 2.05) is 0 Å². The van der Waals surface area contributed by atoms with E-state index in [1.54, 1.807) is 0 Å². The largest absolute Gasteiger partial charge is 0.478 e. The van der Waals surface area contributed by atoms with Gasteiger partial charge in [0.1, 0.15) is 11.1 Å². The molecule has 0 saturated heterocycles. The third kappa shape index (κ3) is 6.19. The Kier molecular flexibility index (Phi) is 10.9. The highest BCUT2D eigenvalue weighted by Crippen LogP contribution is 2.64. The SMILES string of the molecule is O=C(O)C(=C(C(=O)SC(F)(F)C(F)(F)F)C(F)(F)C(F)(F)N(F)F)C(F)(F)C(F)(F)C(F)(F)C(F)(F)C(F)(F)C(F)(F)C(F)(F)F. The topological polar surface area (TPSA) is 57.6 Å². The lowest BCUT2D eigenvalue weighted by molar-refractivity contribution is -0.450. The van der Waals surface area contributed by atoms with E-state index in [4.69, 9.17) is 5.11 Å². The van der Waals surface area contributed by atoms with E-state index in [-0.39, 0.29) is 0 Å². The third-order valence-corrected chi connectivity index (χ3v) is 5.64. The van der Waals surface area contributed by atoms with Crippen molar-refractivity contribution in [3.8, 4) is 0 Å². The quantitative estimate of drug-likeness (QED) is 0.0936. The van der Waals surface area contributed by atoms with Crippen LogP contribution in [0.15, 0.2) is 11.1 Å². The molecule has 0 rings (SSSR count). The molecule has 31 heteroatoms. The molecule has 0 radical (unpaired) electrons. The number of nitrogens with zero attached hydrogens (tertiary/aromatic N) is 1. The molecule has 0 aliphatic carbocycles. The standard InChI is InChI=1S/C15HF26NO3S/c16-5(17,7(20,21)8(22,23)9(24,25)10(26,27)11(28,29)12(30,31)32)1(3(43)44)2(6(18,19)14(36,37)42(40)41)4(45)46-15(38,39)13(33,34)35/h(H,43,44). The fourth-order valence-electron chi connectivity index (χ4n) is 2.39.